The van der Waals surface area contributed by atoms with Gasteiger partial charge in [-0.25, -0.2) is 0 Å². The summed E-state index contributed by atoms with van der Waals surface area (Å²) in [6.45, 7) is 2.72. The minimum Gasteiger partial charge on any atom is -0.355 e. The van der Waals surface area contributed by atoms with Crippen LogP contribution in [0, 0.1) is 5.92 Å². The number of carbonyl (C=O) groups is 1. The molecule has 1 aromatic carbocycles. The van der Waals surface area contributed by atoms with Crippen LogP contribution in [-0.2, 0) is 10.2 Å². The molecule has 1 aliphatic heterocycles. The Balaban J connectivity index is 1.70. The zero-order valence-electron chi connectivity index (χ0n) is 13.7. The number of halogens is 1. The van der Waals surface area contributed by atoms with Crippen molar-refractivity contribution in [3.8, 4) is 0 Å². The van der Waals surface area contributed by atoms with Crippen LogP contribution in [0.1, 0.15) is 50.5 Å². The summed E-state index contributed by atoms with van der Waals surface area (Å²) in [4.78, 5) is 12.5. The van der Waals surface area contributed by atoms with E-state index in [9.17, 15) is 4.79 Å². The molecule has 126 valence electrons. The van der Waals surface area contributed by atoms with Gasteiger partial charge in [0.1, 0.15) is 0 Å². The lowest BCUT2D eigenvalue weighted by atomic mass is 9.69. The van der Waals surface area contributed by atoms with Crippen molar-refractivity contribution in [3.05, 3.63) is 34.3 Å². The third-order valence-electron chi connectivity index (χ3n) is 5.56. The molecule has 4 heteroatoms. The molecule has 0 atom stereocenters. The average molecular weight is 379 g/mol. The van der Waals surface area contributed by atoms with Crippen molar-refractivity contribution in [2.45, 2.75) is 50.4 Å². The Bertz CT molecular complexity index is 534. The highest BCUT2D eigenvalue weighted by molar-refractivity contribution is 9.10. The van der Waals surface area contributed by atoms with Gasteiger partial charge < -0.3 is 10.6 Å². The predicted octanol–water partition coefficient (Wildman–Crippen LogP) is 3.77. The number of amides is 1. The summed E-state index contributed by atoms with van der Waals surface area (Å²) in [7, 11) is 0. The van der Waals surface area contributed by atoms with Gasteiger partial charge in [-0.1, -0.05) is 47.3 Å². The van der Waals surface area contributed by atoms with Gasteiger partial charge in [-0.05, 0) is 56.5 Å². The molecule has 3 rings (SSSR count). The van der Waals surface area contributed by atoms with Crippen molar-refractivity contribution >= 4 is 21.8 Å². The lowest BCUT2D eigenvalue weighted by Crippen LogP contribution is -2.45. The van der Waals surface area contributed by atoms with Crippen LogP contribution in [0.2, 0.25) is 0 Å². The molecule has 1 saturated carbocycles. The quantitative estimate of drug-likeness (QED) is 0.836. The van der Waals surface area contributed by atoms with Gasteiger partial charge in [0.25, 0.3) is 0 Å². The van der Waals surface area contributed by atoms with E-state index < -0.39 is 0 Å². The van der Waals surface area contributed by atoms with Gasteiger partial charge in [0.2, 0.25) is 5.91 Å². The number of carbonyl (C=O) groups excluding carboxylic acids is 1. The average Bonchev–Trinajstić information content (AvgIpc) is 2.61. The molecule has 0 radical (unpaired) electrons. The lowest BCUT2D eigenvalue weighted by molar-refractivity contribution is -0.126. The molecule has 1 heterocycles. The normalized spacial score (nSPS) is 21.8. The van der Waals surface area contributed by atoms with E-state index in [2.05, 4.69) is 50.8 Å². The molecule has 1 saturated heterocycles. The molecule has 2 fully saturated rings. The molecule has 1 aliphatic carbocycles. The van der Waals surface area contributed by atoms with Crippen LogP contribution in [0.3, 0.4) is 0 Å². The maximum absolute atomic E-state index is 12.5. The first-order valence-corrected chi connectivity index (χ1v) is 9.73. The molecule has 0 bridgehead atoms. The Labute approximate surface area is 147 Å². The molecule has 2 N–H and O–H groups in total. The van der Waals surface area contributed by atoms with Crippen LogP contribution in [0.25, 0.3) is 0 Å². The second-order valence-corrected chi connectivity index (χ2v) is 8.01. The first-order chi connectivity index (χ1) is 11.2. The molecule has 2 aliphatic rings. The van der Waals surface area contributed by atoms with E-state index in [0.717, 1.165) is 36.9 Å². The molecule has 0 unspecified atom stereocenters. The Hall–Kier alpha value is -0.870. The lowest BCUT2D eigenvalue weighted by Gasteiger charge is -2.38. The van der Waals surface area contributed by atoms with E-state index in [1.807, 2.05) is 0 Å². The van der Waals surface area contributed by atoms with Crippen molar-refractivity contribution in [1.29, 1.82) is 0 Å². The second kappa shape index (κ2) is 7.80. The third-order valence-corrected chi connectivity index (χ3v) is 6.05. The Morgan fingerprint density at radius 3 is 2.65 bits per heavy atom. The zero-order valence-corrected chi connectivity index (χ0v) is 15.3. The minimum absolute atomic E-state index is 0.116. The SMILES string of the molecule is O=C(NCC1(c2cccc(Br)c2)CCCCC1)C1CCNCC1. The number of hydrogen-bond donors (Lipinski definition) is 2. The third kappa shape index (κ3) is 4.16. The van der Waals surface area contributed by atoms with Crippen LogP contribution < -0.4 is 10.6 Å². The maximum atomic E-state index is 12.5. The van der Waals surface area contributed by atoms with Crippen molar-refractivity contribution in [3.63, 3.8) is 0 Å². The van der Waals surface area contributed by atoms with E-state index >= 15 is 0 Å². The highest BCUT2D eigenvalue weighted by Gasteiger charge is 2.35. The minimum atomic E-state index is 0.116. The summed E-state index contributed by atoms with van der Waals surface area (Å²) in [6.07, 6.45) is 8.13. The standard InChI is InChI=1S/C19H27BrN2O/c20-17-6-4-5-16(13-17)19(9-2-1-3-10-19)14-22-18(23)15-7-11-21-12-8-15/h4-6,13,15,21H,1-3,7-12,14H2,(H,22,23). The van der Waals surface area contributed by atoms with Gasteiger partial charge >= 0.3 is 0 Å². The largest absolute Gasteiger partial charge is 0.355 e. The first kappa shape index (κ1) is 17.0. The topological polar surface area (TPSA) is 41.1 Å². The van der Waals surface area contributed by atoms with Crippen LogP contribution in [-0.4, -0.2) is 25.5 Å². The molecular formula is C19H27BrN2O. The number of benzene rings is 1. The summed E-state index contributed by atoms with van der Waals surface area (Å²) in [5.41, 5.74) is 1.49. The molecule has 3 nitrogen and oxygen atoms in total. The zero-order chi connectivity index (χ0) is 16.1. The summed E-state index contributed by atoms with van der Waals surface area (Å²) >= 11 is 3.60. The monoisotopic (exact) mass is 378 g/mol. The molecule has 1 amide bonds. The number of hydrogen-bond acceptors (Lipinski definition) is 2. The number of nitrogens with one attached hydrogen (secondary N) is 2. The summed E-state index contributed by atoms with van der Waals surface area (Å²) in [5, 5.41) is 6.63. The molecule has 0 spiro atoms. The van der Waals surface area contributed by atoms with Gasteiger partial charge in [-0.2, -0.15) is 0 Å². The van der Waals surface area contributed by atoms with Gasteiger partial charge in [-0.3, -0.25) is 4.79 Å². The van der Waals surface area contributed by atoms with E-state index in [0.29, 0.717) is 0 Å². The van der Waals surface area contributed by atoms with Gasteiger partial charge in [0.05, 0.1) is 0 Å². The van der Waals surface area contributed by atoms with E-state index in [1.54, 1.807) is 0 Å². The van der Waals surface area contributed by atoms with Crippen molar-refractivity contribution in [2.75, 3.05) is 19.6 Å². The summed E-state index contributed by atoms with van der Waals surface area (Å²) < 4.78 is 1.13. The van der Waals surface area contributed by atoms with Crippen molar-refractivity contribution in [1.82, 2.24) is 10.6 Å². The second-order valence-electron chi connectivity index (χ2n) is 7.09. The fourth-order valence-electron chi connectivity index (χ4n) is 4.10. The van der Waals surface area contributed by atoms with Crippen molar-refractivity contribution in [2.24, 2.45) is 5.92 Å². The Morgan fingerprint density at radius 2 is 1.96 bits per heavy atom. The fraction of sp³-hybridized carbons (Fsp3) is 0.632. The number of rotatable bonds is 4. The Morgan fingerprint density at radius 1 is 1.22 bits per heavy atom. The maximum Gasteiger partial charge on any atom is 0.223 e. The fourth-order valence-corrected chi connectivity index (χ4v) is 4.50. The summed E-state index contributed by atoms with van der Waals surface area (Å²) in [6, 6.07) is 8.66. The van der Waals surface area contributed by atoms with Crippen LogP contribution >= 0.6 is 15.9 Å². The highest BCUT2D eigenvalue weighted by Crippen LogP contribution is 2.39. The molecule has 1 aromatic rings. The van der Waals surface area contributed by atoms with E-state index in [1.165, 1.54) is 37.7 Å². The van der Waals surface area contributed by atoms with Crippen LogP contribution in [0.15, 0.2) is 28.7 Å². The first-order valence-electron chi connectivity index (χ1n) is 8.94. The molecule has 0 aromatic heterocycles. The van der Waals surface area contributed by atoms with Gasteiger partial charge in [0.15, 0.2) is 0 Å². The van der Waals surface area contributed by atoms with E-state index in [-0.39, 0.29) is 17.2 Å². The van der Waals surface area contributed by atoms with E-state index in [4.69, 9.17) is 0 Å². The van der Waals surface area contributed by atoms with Gasteiger partial charge in [-0.15, -0.1) is 0 Å². The predicted molar refractivity (Wildman–Crippen MR) is 97.5 cm³/mol. The Kier molecular flexibility index (Phi) is 5.76. The van der Waals surface area contributed by atoms with Crippen LogP contribution in [0.5, 0.6) is 0 Å². The number of piperidine rings is 1. The smallest absolute Gasteiger partial charge is 0.223 e. The summed E-state index contributed by atoms with van der Waals surface area (Å²) in [5.74, 6) is 0.450. The van der Waals surface area contributed by atoms with Crippen LogP contribution in [0.4, 0.5) is 0 Å². The highest BCUT2D eigenvalue weighted by atomic mass is 79.9. The molecular weight excluding hydrogens is 352 g/mol. The van der Waals surface area contributed by atoms with Gasteiger partial charge in [0, 0.05) is 22.4 Å². The molecule has 23 heavy (non-hydrogen) atoms. The van der Waals surface area contributed by atoms with Crippen molar-refractivity contribution < 1.29 is 4.79 Å².